The molecule has 0 unspecified atom stereocenters. The number of halogens is 1. The van der Waals surface area contributed by atoms with E-state index in [2.05, 4.69) is 35.0 Å². The van der Waals surface area contributed by atoms with E-state index in [1.807, 2.05) is 6.07 Å². The van der Waals surface area contributed by atoms with E-state index in [0.29, 0.717) is 0 Å². The van der Waals surface area contributed by atoms with Crippen molar-refractivity contribution >= 4 is 5.69 Å². The van der Waals surface area contributed by atoms with Crippen LogP contribution in [0.2, 0.25) is 0 Å². The summed E-state index contributed by atoms with van der Waals surface area (Å²) in [6.45, 7) is 10.7. The highest BCUT2D eigenvalue weighted by atomic mass is 19.1. The molecule has 1 aromatic rings. The summed E-state index contributed by atoms with van der Waals surface area (Å²) < 4.78 is 14.2. The number of nitrogens with zero attached hydrogens (tertiary/aromatic N) is 2. The molecule has 106 valence electrons. The number of hydrogen-bond donors (Lipinski definition) is 1. The van der Waals surface area contributed by atoms with Crippen LogP contribution in [0.5, 0.6) is 0 Å². The van der Waals surface area contributed by atoms with Gasteiger partial charge in [0.05, 0.1) is 5.69 Å². The van der Waals surface area contributed by atoms with Crippen LogP contribution < -0.4 is 10.2 Å². The van der Waals surface area contributed by atoms with Gasteiger partial charge in [-0.25, -0.2) is 4.39 Å². The molecular formula is C15H24FN3. The highest BCUT2D eigenvalue weighted by Gasteiger charge is 2.14. The number of hydrogen-bond acceptors (Lipinski definition) is 3. The van der Waals surface area contributed by atoms with Gasteiger partial charge in [0.1, 0.15) is 5.82 Å². The van der Waals surface area contributed by atoms with Crippen molar-refractivity contribution in [1.29, 1.82) is 0 Å². The lowest BCUT2D eigenvalue weighted by Crippen LogP contribution is -2.43. The van der Waals surface area contributed by atoms with Gasteiger partial charge in [-0.3, -0.25) is 4.90 Å². The zero-order valence-corrected chi connectivity index (χ0v) is 12.0. The van der Waals surface area contributed by atoms with Crippen molar-refractivity contribution in [3.8, 4) is 0 Å². The van der Waals surface area contributed by atoms with E-state index in [1.54, 1.807) is 6.07 Å². The standard InChI is InChI=1S/C15H24FN3/c1-3-18(4-2)12-13-5-6-15(14(16)11-13)19-9-7-17-8-10-19/h5-6,11,17H,3-4,7-10,12H2,1-2H3. The van der Waals surface area contributed by atoms with Crippen molar-refractivity contribution in [2.45, 2.75) is 20.4 Å². The Hall–Kier alpha value is -1.13. The molecule has 4 heteroatoms. The summed E-state index contributed by atoms with van der Waals surface area (Å²) in [4.78, 5) is 4.41. The third-order valence-corrected chi connectivity index (χ3v) is 3.77. The number of benzene rings is 1. The van der Waals surface area contributed by atoms with E-state index in [9.17, 15) is 4.39 Å². The van der Waals surface area contributed by atoms with Crippen LogP contribution in [-0.4, -0.2) is 44.2 Å². The van der Waals surface area contributed by atoms with Gasteiger partial charge in [-0.2, -0.15) is 0 Å². The van der Waals surface area contributed by atoms with Gasteiger partial charge >= 0.3 is 0 Å². The van der Waals surface area contributed by atoms with Crippen LogP contribution in [0, 0.1) is 5.82 Å². The fourth-order valence-corrected chi connectivity index (χ4v) is 2.52. The van der Waals surface area contributed by atoms with E-state index in [0.717, 1.165) is 57.1 Å². The summed E-state index contributed by atoms with van der Waals surface area (Å²) in [7, 11) is 0. The summed E-state index contributed by atoms with van der Waals surface area (Å²) in [6.07, 6.45) is 0. The molecule has 3 nitrogen and oxygen atoms in total. The van der Waals surface area contributed by atoms with Crippen molar-refractivity contribution in [3.05, 3.63) is 29.6 Å². The Morgan fingerprint density at radius 1 is 1.21 bits per heavy atom. The fraction of sp³-hybridized carbons (Fsp3) is 0.600. The van der Waals surface area contributed by atoms with Crippen LogP contribution in [0.15, 0.2) is 18.2 Å². The van der Waals surface area contributed by atoms with Crippen molar-refractivity contribution in [1.82, 2.24) is 10.2 Å². The second kappa shape index (κ2) is 6.87. The lowest BCUT2D eigenvalue weighted by atomic mass is 10.1. The molecule has 0 aliphatic carbocycles. The molecule has 1 saturated heterocycles. The Kier molecular flexibility index (Phi) is 5.16. The van der Waals surface area contributed by atoms with Gasteiger partial charge < -0.3 is 10.2 Å². The quantitative estimate of drug-likeness (QED) is 0.879. The van der Waals surface area contributed by atoms with Crippen molar-refractivity contribution in [2.24, 2.45) is 0 Å². The van der Waals surface area contributed by atoms with E-state index >= 15 is 0 Å². The first-order chi connectivity index (χ1) is 9.24. The Balaban J connectivity index is 2.07. The predicted molar refractivity (Wildman–Crippen MR) is 78.1 cm³/mol. The molecule has 0 radical (unpaired) electrons. The van der Waals surface area contributed by atoms with Crippen molar-refractivity contribution < 1.29 is 4.39 Å². The normalized spacial score (nSPS) is 16.1. The third kappa shape index (κ3) is 3.67. The maximum atomic E-state index is 14.2. The van der Waals surface area contributed by atoms with Gasteiger partial charge in [-0.05, 0) is 30.8 Å². The second-order valence-corrected chi connectivity index (χ2v) is 4.98. The summed E-state index contributed by atoms with van der Waals surface area (Å²) in [5, 5.41) is 3.29. The predicted octanol–water partition coefficient (Wildman–Crippen LogP) is 2.08. The molecule has 2 rings (SSSR count). The molecule has 1 aliphatic heterocycles. The van der Waals surface area contributed by atoms with Crippen molar-refractivity contribution in [3.63, 3.8) is 0 Å². The Morgan fingerprint density at radius 2 is 1.89 bits per heavy atom. The third-order valence-electron chi connectivity index (χ3n) is 3.77. The fourth-order valence-electron chi connectivity index (χ4n) is 2.52. The monoisotopic (exact) mass is 265 g/mol. The molecule has 1 fully saturated rings. The highest BCUT2D eigenvalue weighted by Crippen LogP contribution is 2.21. The molecule has 0 saturated carbocycles. The number of anilines is 1. The minimum Gasteiger partial charge on any atom is -0.367 e. The first-order valence-corrected chi connectivity index (χ1v) is 7.21. The molecule has 0 amide bonds. The van der Waals surface area contributed by atoms with Gasteiger partial charge in [0.25, 0.3) is 0 Å². The average Bonchev–Trinajstić information content (AvgIpc) is 2.46. The maximum absolute atomic E-state index is 14.2. The molecule has 0 aromatic heterocycles. The summed E-state index contributed by atoms with van der Waals surface area (Å²) in [5.74, 6) is -0.0912. The van der Waals surface area contributed by atoms with Crippen molar-refractivity contribution in [2.75, 3.05) is 44.2 Å². The molecule has 19 heavy (non-hydrogen) atoms. The minimum absolute atomic E-state index is 0.0912. The van der Waals surface area contributed by atoms with E-state index in [-0.39, 0.29) is 5.82 Å². The van der Waals surface area contributed by atoms with Crippen LogP contribution in [-0.2, 0) is 6.54 Å². The first kappa shape index (κ1) is 14.3. The molecular weight excluding hydrogens is 241 g/mol. The van der Waals surface area contributed by atoms with Crippen LogP contribution in [0.25, 0.3) is 0 Å². The minimum atomic E-state index is -0.0912. The average molecular weight is 265 g/mol. The Labute approximate surface area is 115 Å². The zero-order valence-electron chi connectivity index (χ0n) is 12.0. The Morgan fingerprint density at radius 3 is 2.47 bits per heavy atom. The summed E-state index contributed by atoms with van der Waals surface area (Å²) >= 11 is 0. The van der Waals surface area contributed by atoms with Gasteiger partial charge in [-0.1, -0.05) is 19.9 Å². The van der Waals surface area contributed by atoms with E-state index in [1.165, 1.54) is 0 Å². The van der Waals surface area contributed by atoms with Gasteiger partial charge in [-0.15, -0.1) is 0 Å². The molecule has 1 aliphatic rings. The molecule has 1 N–H and O–H groups in total. The number of rotatable bonds is 5. The number of piperazine rings is 1. The van der Waals surface area contributed by atoms with Gasteiger partial charge in [0.2, 0.25) is 0 Å². The van der Waals surface area contributed by atoms with Gasteiger partial charge in [0, 0.05) is 32.7 Å². The van der Waals surface area contributed by atoms with Crippen LogP contribution >= 0.6 is 0 Å². The highest BCUT2D eigenvalue weighted by molar-refractivity contribution is 5.49. The summed E-state index contributed by atoms with van der Waals surface area (Å²) in [5.41, 5.74) is 1.80. The maximum Gasteiger partial charge on any atom is 0.146 e. The summed E-state index contributed by atoms with van der Waals surface area (Å²) in [6, 6.07) is 5.67. The molecule has 1 aromatic carbocycles. The first-order valence-electron chi connectivity index (χ1n) is 7.21. The lowest BCUT2D eigenvalue weighted by Gasteiger charge is -2.30. The van der Waals surface area contributed by atoms with Crippen LogP contribution in [0.1, 0.15) is 19.4 Å². The van der Waals surface area contributed by atoms with Crippen LogP contribution in [0.4, 0.5) is 10.1 Å². The zero-order chi connectivity index (χ0) is 13.7. The number of nitrogens with one attached hydrogen (secondary N) is 1. The molecule has 0 bridgehead atoms. The Bertz CT molecular complexity index is 398. The molecule has 0 spiro atoms. The molecule has 1 heterocycles. The van der Waals surface area contributed by atoms with E-state index in [4.69, 9.17) is 0 Å². The SMILES string of the molecule is CCN(CC)Cc1ccc(N2CCNCC2)c(F)c1. The largest absolute Gasteiger partial charge is 0.367 e. The topological polar surface area (TPSA) is 18.5 Å². The van der Waals surface area contributed by atoms with Crippen LogP contribution in [0.3, 0.4) is 0 Å². The van der Waals surface area contributed by atoms with Gasteiger partial charge in [0.15, 0.2) is 0 Å². The van der Waals surface area contributed by atoms with E-state index < -0.39 is 0 Å². The second-order valence-electron chi connectivity index (χ2n) is 4.98. The molecule has 0 atom stereocenters. The lowest BCUT2D eigenvalue weighted by molar-refractivity contribution is 0.295. The smallest absolute Gasteiger partial charge is 0.146 e.